The molecule has 0 aliphatic carbocycles. The number of fused-ring (bicyclic) bond motifs is 1. The maximum atomic E-state index is 12.8. The van der Waals surface area contributed by atoms with Gasteiger partial charge in [-0.3, -0.25) is 4.79 Å². The Morgan fingerprint density at radius 3 is 2.74 bits per heavy atom. The molecule has 27 heavy (non-hydrogen) atoms. The second-order valence-electron chi connectivity index (χ2n) is 6.71. The Morgan fingerprint density at radius 1 is 1.41 bits per heavy atom. The number of hydrogen-bond donors (Lipinski definition) is 3. The van der Waals surface area contributed by atoms with E-state index in [1.807, 2.05) is 31.4 Å². The van der Waals surface area contributed by atoms with Gasteiger partial charge in [-0.05, 0) is 38.3 Å². The highest BCUT2D eigenvalue weighted by Gasteiger charge is 2.31. The lowest BCUT2D eigenvalue weighted by Gasteiger charge is -2.18. The molecule has 9 heteroatoms. The molecule has 0 spiro atoms. The maximum Gasteiger partial charge on any atom is 0.337 e. The van der Waals surface area contributed by atoms with Crippen molar-refractivity contribution in [3.8, 4) is 10.6 Å². The van der Waals surface area contributed by atoms with E-state index in [9.17, 15) is 14.7 Å². The number of amides is 1. The molecule has 0 aliphatic rings. The summed E-state index contributed by atoms with van der Waals surface area (Å²) in [4.78, 5) is 29.4. The predicted octanol–water partition coefficient (Wildman–Crippen LogP) is 2.31. The van der Waals surface area contributed by atoms with Crippen molar-refractivity contribution in [2.24, 2.45) is 0 Å². The summed E-state index contributed by atoms with van der Waals surface area (Å²) in [5.74, 6) is -1.90. The van der Waals surface area contributed by atoms with Crippen molar-refractivity contribution < 1.29 is 19.8 Å². The Hall–Kier alpha value is -2.78. The van der Waals surface area contributed by atoms with Crippen LogP contribution in [0.5, 0.6) is 0 Å². The van der Waals surface area contributed by atoms with E-state index in [0.29, 0.717) is 22.3 Å². The van der Waals surface area contributed by atoms with Crippen molar-refractivity contribution in [3.05, 3.63) is 35.3 Å². The van der Waals surface area contributed by atoms with Crippen LogP contribution in [0.4, 0.5) is 0 Å². The first-order valence-corrected chi connectivity index (χ1v) is 9.25. The summed E-state index contributed by atoms with van der Waals surface area (Å²) in [6.45, 7) is 4.65. The summed E-state index contributed by atoms with van der Waals surface area (Å²) in [5.41, 5.74) is -0.516. The molecule has 0 fully saturated rings. The standard InChI is InChI=1S/C18H20N4O4S/c1-10(2)22-15-12(8-20-22)11(7-13(21-15)14-5-4-6-27-14)16(23)19-9-18(3,26)17(24)25/h4-8,10,26H,9H2,1-3H3,(H,19,23)(H,24,25). The summed E-state index contributed by atoms with van der Waals surface area (Å²) >= 11 is 1.50. The fourth-order valence-electron chi connectivity index (χ4n) is 2.56. The molecule has 0 saturated heterocycles. The van der Waals surface area contributed by atoms with Gasteiger partial charge < -0.3 is 15.5 Å². The van der Waals surface area contributed by atoms with Crippen LogP contribution in [0, 0.1) is 0 Å². The average Bonchev–Trinajstić information content (AvgIpc) is 3.27. The Labute approximate surface area is 159 Å². The molecule has 0 radical (unpaired) electrons. The minimum atomic E-state index is -2.06. The summed E-state index contributed by atoms with van der Waals surface area (Å²) < 4.78 is 1.73. The number of carboxylic acid groups (broad SMARTS) is 1. The van der Waals surface area contributed by atoms with E-state index in [1.165, 1.54) is 11.3 Å². The number of thiophene rings is 1. The van der Waals surface area contributed by atoms with Gasteiger partial charge in [0.2, 0.25) is 0 Å². The Bertz CT molecular complexity index is 992. The first kappa shape index (κ1) is 19.0. The largest absolute Gasteiger partial charge is 0.479 e. The monoisotopic (exact) mass is 388 g/mol. The Balaban J connectivity index is 2.05. The van der Waals surface area contributed by atoms with Crippen LogP contribution >= 0.6 is 11.3 Å². The molecule has 142 valence electrons. The topological polar surface area (TPSA) is 117 Å². The van der Waals surface area contributed by atoms with Crippen LogP contribution in [0.2, 0.25) is 0 Å². The van der Waals surface area contributed by atoms with Crippen LogP contribution in [0.15, 0.2) is 29.8 Å². The quantitative estimate of drug-likeness (QED) is 0.596. The minimum absolute atomic E-state index is 0.0530. The SMILES string of the molecule is CC(C)n1ncc2c(C(=O)NCC(C)(O)C(=O)O)cc(-c3cccs3)nc21. The van der Waals surface area contributed by atoms with Gasteiger partial charge in [0.25, 0.3) is 5.91 Å². The van der Waals surface area contributed by atoms with Gasteiger partial charge in [-0.2, -0.15) is 5.10 Å². The zero-order valence-electron chi connectivity index (χ0n) is 15.1. The van der Waals surface area contributed by atoms with E-state index in [4.69, 9.17) is 5.11 Å². The summed E-state index contributed by atoms with van der Waals surface area (Å²) in [6, 6.07) is 5.52. The molecule has 0 bridgehead atoms. The molecule has 3 heterocycles. The van der Waals surface area contributed by atoms with Crippen LogP contribution in [0.1, 0.15) is 37.2 Å². The molecule has 0 aliphatic heterocycles. The molecule has 1 amide bonds. The van der Waals surface area contributed by atoms with Crippen LogP contribution < -0.4 is 5.32 Å². The number of nitrogens with one attached hydrogen (secondary N) is 1. The first-order valence-electron chi connectivity index (χ1n) is 8.37. The first-order chi connectivity index (χ1) is 12.7. The van der Waals surface area contributed by atoms with Crippen molar-refractivity contribution in [1.82, 2.24) is 20.1 Å². The van der Waals surface area contributed by atoms with Gasteiger partial charge in [0.05, 0.1) is 34.3 Å². The number of carbonyl (C=O) groups excluding carboxylic acids is 1. The second-order valence-corrected chi connectivity index (χ2v) is 7.66. The van der Waals surface area contributed by atoms with Crippen LogP contribution in [0.25, 0.3) is 21.6 Å². The summed E-state index contributed by atoms with van der Waals surface area (Å²) in [7, 11) is 0. The molecule has 0 saturated carbocycles. The van der Waals surface area contributed by atoms with E-state index in [-0.39, 0.29) is 6.04 Å². The zero-order chi connectivity index (χ0) is 19.8. The van der Waals surface area contributed by atoms with Gasteiger partial charge in [0, 0.05) is 6.04 Å². The third-order valence-corrected chi connectivity index (χ3v) is 5.02. The van der Waals surface area contributed by atoms with E-state index in [0.717, 1.165) is 11.8 Å². The van der Waals surface area contributed by atoms with Crippen molar-refractivity contribution in [2.75, 3.05) is 6.54 Å². The lowest BCUT2D eigenvalue weighted by atomic mass is 10.1. The van der Waals surface area contributed by atoms with Gasteiger partial charge >= 0.3 is 5.97 Å². The molecule has 8 nitrogen and oxygen atoms in total. The number of aromatic nitrogens is 3. The molecule has 3 aromatic rings. The lowest BCUT2D eigenvalue weighted by Crippen LogP contribution is -2.46. The molecule has 3 rings (SSSR count). The summed E-state index contributed by atoms with van der Waals surface area (Å²) in [5, 5.41) is 28.2. The van der Waals surface area contributed by atoms with E-state index >= 15 is 0 Å². The number of rotatable bonds is 6. The number of carbonyl (C=O) groups is 2. The van der Waals surface area contributed by atoms with Crippen molar-refractivity contribution in [2.45, 2.75) is 32.4 Å². The maximum absolute atomic E-state index is 12.8. The van der Waals surface area contributed by atoms with Gasteiger partial charge in [-0.1, -0.05) is 6.07 Å². The van der Waals surface area contributed by atoms with Crippen LogP contribution in [0.3, 0.4) is 0 Å². The number of hydrogen-bond acceptors (Lipinski definition) is 6. The Kier molecular flexibility index (Phi) is 4.99. The second kappa shape index (κ2) is 7.09. The average molecular weight is 388 g/mol. The number of aliphatic carboxylic acids is 1. The lowest BCUT2D eigenvalue weighted by molar-refractivity contribution is -0.155. The van der Waals surface area contributed by atoms with Crippen LogP contribution in [-0.4, -0.2) is 49.0 Å². The van der Waals surface area contributed by atoms with Gasteiger partial charge in [0.15, 0.2) is 11.2 Å². The smallest absolute Gasteiger partial charge is 0.337 e. The highest BCUT2D eigenvalue weighted by Crippen LogP contribution is 2.28. The molecule has 3 aromatic heterocycles. The predicted molar refractivity (Wildman–Crippen MR) is 102 cm³/mol. The molecule has 3 N–H and O–H groups in total. The zero-order valence-corrected chi connectivity index (χ0v) is 15.9. The number of carboxylic acids is 1. The summed E-state index contributed by atoms with van der Waals surface area (Å²) in [6.07, 6.45) is 1.57. The van der Waals surface area contributed by atoms with E-state index in [1.54, 1.807) is 16.9 Å². The van der Waals surface area contributed by atoms with E-state index in [2.05, 4.69) is 15.4 Å². The van der Waals surface area contributed by atoms with Crippen molar-refractivity contribution in [1.29, 1.82) is 0 Å². The molecule has 1 unspecified atom stereocenters. The normalized spacial score (nSPS) is 13.7. The third kappa shape index (κ3) is 3.69. The number of pyridine rings is 1. The molecule has 1 atom stereocenters. The van der Waals surface area contributed by atoms with Gasteiger partial charge in [-0.25, -0.2) is 14.5 Å². The highest BCUT2D eigenvalue weighted by atomic mass is 32.1. The fraction of sp³-hybridized carbons (Fsp3) is 0.333. The van der Waals surface area contributed by atoms with E-state index < -0.39 is 24.0 Å². The Morgan fingerprint density at radius 2 is 2.15 bits per heavy atom. The molecular formula is C18H20N4O4S. The van der Waals surface area contributed by atoms with Crippen molar-refractivity contribution in [3.63, 3.8) is 0 Å². The van der Waals surface area contributed by atoms with Crippen molar-refractivity contribution >= 4 is 34.2 Å². The highest BCUT2D eigenvalue weighted by molar-refractivity contribution is 7.13. The molecule has 0 aromatic carbocycles. The van der Waals surface area contributed by atoms with Crippen LogP contribution in [-0.2, 0) is 4.79 Å². The number of aliphatic hydroxyl groups is 1. The van der Waals surface area contributed by atoms with Gasteiger partial charge in [0.1, 0.15) is 0 Å². The fourth-order valence-corrected chi connectivity index (χ4v) is 3.24. The molecular weight excluding hydrogens is 368 g/mol. The van der Waals surface area contributed by atoms with Gasteiger partial charge in [-0.15, -0.1) is 11.3 Å². The minimum Gasteiger partial charge on any atom is -0.479 e. The number of nitrogens with zero attached hydrogens (tertiary/aromatic N) is 3. The third-order valence-electron chi connectivity index (χ3n) is 4.13.